The average molecular weight is 397 g/mol. The molecule has 1 saturated heterocycles. The van der Waals surface area contributed by atoms with Gasteiger partial charge in [-0.2, -0.15) is 0 Å². The van der Waals surface area contributed by atoms with Gasteiger partial charge in [-0.05, 0) is 23.3 Å². The van der Waals surface area contributed by atoms with Crippen LogP contribution in [0.4, 0.5) is 5.69 Å². The van der Waals surface area contributed by atoms with Gasteiger partial charge in [-0.15, -0.1) is 0 Å². The average Bonchev–Trinajstić information content (AvgIpc) is 2.72. The zero-order valence-corrected chi connectivity index (χ0v) is 15.4. The summed E-state index contributed by atoms with van der Waals surface area (Å²) >= 11 is 0. The van der Waals surface area contributed by atoms with E-state index >= 15 is 0 Å². The number of carbonyl (C=O) groups is 2. The third-order valence-electron chi connectivity index (χ3n) is 4.27. The van der Waals surface area contributed by atoms with Crippen molar-refractivity contribution in [3.05, 3.63) is 81.9 Å². The number of non-ortho nitro benzene ring substituents is 1. The number of aliphatic hydroxyl groups is 1. The number of esters is 1. The fourth-order valence-corrected chi connectivity index (χ4v) is 2.75. The van der Waals surface area contributed by atoms with Gasteiger partial charge in [0, 0.05) is 18.7 Å². The first kappa shape index (κ1) is 20.2. The molecule has 150 valence electrons. The molecule has 0 radical (unpaired) electrons. The molecule has 1 fully saturated rings. The minimum absolute atomic E-state index is 0.0783. The lowest BCUT2D eigenvalue weighted by molar-refractivity contribution is -0.384. The number of nitro benzene ring substituents is 1. The number of hydrazine groups is 1. The maximum atomic E-state index is 12.1. The molecule has 0 aromatic heterocycles. The van der Waals surface area contributed by atoms with Crippen LogP contribution in [0.15, 0.2) is 60.7 Å². The summed E-state index contributed by atoms with van der Waals surface area (Å²) in [4.78, 5) is 34.0. The molecule has 0 spiro atoms. The number of hydrogen-bond donors (Lipinski definition) is 1. The van der Waals surface area contributed by atoms with Crippen LogP contribution < -0.4 is 0 Å². The second kappa shape index (κ2) is 9.09. The van der Waals surface area contributed by atoms with E-state index in [2.05, 4.69) is 0 Å². The maximum Gasteiger partial charge on any atom is 0.358 e. The molecule has 1 N–H and O–H groups in total. The Labute approximate surface area is 166 Å². The van der Waals surface area contributed by atoms with E-state index in [1.54, 1.807) is 0 Å². The lowest BCUT2D eigenvalue weighted by atomic mass is 10.2. The first-order valence-corrected chi connectivity index (χ1v) is 8.82. The van der Waals surface area contributed by atoms with Crippen LogP contribution in [0.5, 0.6) is 0 Å². The summed E-state index contributed by atoms with van der Waals surface area (Å²) < 4.78 is 5.02. The standard InChI is InChI=1S/C20H19N3O6/c24-18-13-21(12-4-7-15-5-2-1-3-6-15)22(18)19(25)20(26)29-14-16-8-10-17(11-9-16)23(27)28/h1-11,19,25H,12-14H2/b7-4+. The van der Waals surface area contributed by atoms with Gasteiger partial charge in [-0.1, -0.05) is 42.5 Å². The Morgan fingerprint density at radius 2 is 1.90 bits per heavy atom. The smallest absolute Gasteiger partial charge is 0.358 e. The zero-order chi connectivity index (χ0) is 20.8. The first-order chi connectivity index (χ1) is 14.0. The van der Waals surface area contributed by atoms with Gasteiger partial charge in [0.1, 0.15) is 6.61 Å². The van der Waals surface area contributed by atoms with E-state index in [0.29, 0.717) is 12.1 Å². The minimum atomic E-state index is -1.75. The number of amides is 1. The molecule has 2 aromatic carbocycles. The Morgan fingerprint density at radius 3 is 2.52 bits per heavy atom. The molecular weight excluding hydrogens is 378 g/mol. The molecule has 1 aliphatic heterocycles. The third kappa shape index (κ3) is 5.03. The number of ether oxygens (including phenoxy) is 1. The van der Waals surface area contributed by atoms with E-state index in [1.165, 1.54) is 29.3 Å². The lowest BCUT2D eigenvalue weighted by Crippen LogP contribution is -2.66. The predicted octanol–water partition coefficient (Wildman–Crippen LogP) is 1.73. The summed E-state index contributed by atoms with van der Waals surface area (Å²) in [5, 5.41) is 23.3. The Morgan fingerprint density at radius 1 is 1.21 bits per heavy atom. The number of hydrogen-bond acceptors (Lipinski definition) is 7. The molecular formula is C20H19N3O6. The topological polar surface area (TPSA) is 113 Å². The van der Waals surface area contributed by atoms with E-state index in [1.807, 2.05) is 42.5 Å². The van der Waals surface area contributed by atoms with Crippen molar-refractivity contribution >= 4 is 23.6 Å². The monoisotopic (exact) mass is 397 g/mol. The van der Waals surface area contributed by atoms with Gasteiger partial charge in [0.25, 0.3) is 11.6 Å². The molecule has 1 aliphatic rings. The van der Waals surface area contributed by atoms with Gasteiger partial charge >= 0.3 is 5.97 Å². The summed E-state index contributed by atoms with van der Waals surface area (Å²) in [7, 11) is 0. The molecule has 1 atom stereocenters. The van der Waals surface area contributed by atoms with E-state index in [9.17, 15) is 24.8 Å². The highest BCUT2D eigenvalue weighted by Gasteiger charge is 2.41. The maximum absolute atomic E-state index is 12.1. The van der Waals surface area contributed by atoms with Gasteiger partial charge in [0.2, 0.25) is 6.23 Å². The highest BCUT2D eigenvalue weighted by Crippen LogP contribution is 2.17. The van der Waals surface area contributed by atoms with Gasteiger partial charge < -0.3 is 9.84 Å². The number of aliphatic hydroxyl groups excluding tert-OH is 1. The fraction of sp³-hybridized carbons (Fsp3) is 0.200. The normalized spacial score (nSPS) is 15.2. The quantitative estimate of drug-likeness (QED) is 0.410. The van der Waals surface area contributed by atoms with Gasteiger partial charge in [0.15, 0.2) is 0 Å². The van der Waals surface area contributed by atoms with Crippen LogP contribution >= 0.6 is 0 Å². The van der Waals surface area contributed by atoms with Crippen LogP contribution in [0, 0.1) is 10.1 Å². The van der Waals surface area contributed by atoms with Crippen LogP contribution in [0.3, 0.4) is 0 Å². The van der Waals surface area contributed by atoms with Gasteiger partial charge in [-0.3, -0.25) is 14.9 Å². The SMILES string of the molecule is O=C(OCc1ccc([N+](=O)[O-])cc1)C(O)N1C(=O)CN1C/C=C/c1ccccc1. The zero-order valence-electron chi connectivity index (χ0n) is 15.4. The molecule has 1 unspecified atom stereocenters. The minimum Gasteiger partial charge on any atom is -0.457 e. The van der Waals surface area contributed by atoms with Crippen molar-refractivity contribution in [1.82, 2.24) is 10.0 Å². The molecule has 9 nitrogen and oxygen atoms in total. The number of carbonyl (C=O) groups excluding carboxylic acids is 2. The number of rotatable bonds is 8. The van der Waals surface area contributed by atoms with Crippen LogP contribution in [-0.2, 0) is 20.9 Å². The lowest BCUT2D eigenvalue weighted by Gasteiger charge is -2.44. The Balaban J connectivity index is 1.51. The predicted molar refractivity (Wildman–Crippen MR) is 103 cm³/mol. The van der Waals surface area contributed by atoms with E-state index in [4.69, 9.17) is 4.74 Å². The Hall–Kier alpha value is -3.56. The molecule has 0 bridgehead atoms. The van der Waals surface area contributed by atoms with Crippen LogP contribution in [0.25, 0.3) is 6.08 Å². The van der Waals surface area contributed by atoms with Crippen molar-refractivity contribution in [2.24, 2.45) is 0 Å². The van der Waals surface area contributed by atoms with E-state index < -0.39 is 23.0 Å². The van der Waals surface area contributed by atoms with Gasteiger partial charge in [0.05, 0.1) is 11.5 Å². The molecule has 29 heavy (non-hydrogen) atoms. The molecule has 1 amide bonds. The second-order valence-electron chi connectivity index (χ2n) is 6.30. The summed E-state index contributed by atoms with van der Waals surface area (Å²) in [6.07, 6.45) is 1.95. The largest absolute Gasteiger partial charge is 0.457 e. The molecule has 0 saturated carbocycles. The van der Waals surface area contributed by atoms with Crippen molar-refractivity contribution in [2.75, 3.05) is 13.1 Å². The highest BCUT2D eigenvalue weighted by molar-refractivity contribution is 5.87. The Bertz CT molecular complexity index is 914. The van der Waals surface area contributed by atoms with Crippen molar-refractivity contribution in [3.8, 4) is 0 Å². The van der Waals surface area contributed by atoms with Crippen LogP contribution in [0.1, 0.15) is 11.1 Å². The second-order valence-corrected chi connectivity index (χ2v) is 6.30. The first-order valence-electron chi connectivity index (χ1n) is 8.82. The number of nitrogens with zero attached hydrogens (tertiary/aromatic N) is 3. The van der Waals surface area contributed by atoms with Crippen molar-refractivity contribution in [3.63, 3.8) is 0 Å². The summed E-state index contributed by atoms with van der Waals surface area (Å²) in [5.74, 6) is -1.37. The summed E-state index contributed by atoms with van der Waals surface area (Å²) in [6, 6.07) is 15.1. The van der Waals surface area contributed by atoms with Crippen LogP contribution in [0.2, 0.25) is 0 Å². The Kier molecular flexibility index (Phi) is 6.32. The van der Waals surface area contributed by atoms with Crippen molar-refractivity contribution in [2.45, 2.75) is 12.8 Å². The van der Waals surface area contributed by atoms with Crippen LogP contribution in [-0.4, -0.2) is 51.2 Å². The summed E-state index contributed by atoms with van der Waals surface area (Å²) in [5.41, 5.74) is 1.44. The van der Waals surface area contributed by atoms with E-state index in [0.717, 1.165) is 10.6 Å². The van der Waals surface area contributed by atoms with Crippen molar-refractivity contribution in [1.29, 1.82) is 0 Å². The summed E-state index contributed by atoms with van der Waals surface area (Å²) in [6.45, 7) is 0.253. The van der Waals surface area contributed by atoms with Gasteiger partial charge in [-0.25, -0.2) is 14.8 Å². The molecule has 2 aromatic rings. The van der Waals surface area contributed by atoms with Crippen molar-refractivity contribution < 1.29 is 24.4 Å². The van der Waals surface area contributed by atoms with E-state index in [-0.39, 0.29) is 18.8 Å². The fourth-order valence-electron chi connectivity index (χ4n) is 2.75. The molecule has 9 heteroatoms. The number of benzene rings is 2. The highest BCUT2D eigenvalue weighted by atomic mass is 16.6. The molecule has 0 aliphatic carbocycles. The molecule has 1 heterocycles. The number of nitro groups is 1. The molecule has 3 rings (SSSR count). The third-order valence-corrected chi connectivity index (χ3v) is 4.27.